The largest absolute Gasteiger partial charge is 0.481 e. The Morgan fingerprint density at radius 1 is 1.19 bits per heavy atom. The number of rotatable bonds is 9. The molecule has 1 amide bonds. The molecule has 0 heterocycles. The van der Waals surface area contributed by atoms with Gasteiger partial charge in [-0.25, -0.2) is 4.79 Å². The monoisotopic (exact) mass is 381 g/mol. The first-order valence-corrected chi connectivity index (χ1v) is 10.1. The number of benzene rings is 1. The quantitative estimate of drug-likeness (QED) is 0.621. The van der Waals surface area contributed by atoms with Gasteiger partial charge in [0.1, 0.15) is 11.0 Å². The number of amides is 1. The number of aliphatic carboxylic acids is 1. The minimum Gasteiger partial charge on any atom is -0.481 e. The lowest BCUT2D eigenvalue weighted by molar-refractivity contribution is -0.144. The summed E-state index contributed by atoms with van der Waals surface area (Å²) in [6.45, 7) is 9.37. The smallest absolute Gasteiger partial charge is 0.407 e. The first kappa shape index (κ1) is 22.4. The third kappa shape index (κ3) is 6.90. The van der Waals surface area contributed by atoms with Gasteiger partial charge in [-0.05, 0) is 57.6 Å². The van der Waals surface area contributed by atoms with Crippen molar-refractivity contribution in [3.8, 4) is 0 Å². The van der Waals surface area contributed by atoms with Crippen LogP contribution < -0.4 is 5.32 Å². The maximum Gasteiger partial charge on any atom is 0.407 e. The van der Waals surface area contributed by atoms with Crippen molar-refractivity contribution in [2.24, 2.45) is 0 Å². The van der Waals surface area contributed by atoms with Crippen LogP contribution in [0.25, 0.3) is 0 Å². The van der Waals surface area contributed by atoms with Crippen molar-refractivity contribution < 1.29 is 19.4 Å². The topological polar surface area (TPSA) is 75.6 Å². The number of carboxylic acids is 1. The number of alkyl carbamates (subject to hydrolysis) is 1. The molecular formula is C20H31NO4S. The van der Waals surface area contributed by atoms with Crippen molar-refractivity contribution in [2.75, 3.05) is 18.1 Å². The standard InChI is InChI=1S/C20H31NO4S/c1-6-26-13-7-12-20(17(22)23,16-10-8-15(2)9-11-16)14-21-18(24)25-19(3,4)5/h8-11H,6-7,12-14H2,1-5H3,(H,21,24)(H,22,23). The van der Waals surface area contributed by atoms with Crippen molar-refractivity contribution in [1.82, 2.24) is 5.32 Å². The number of carboxylic acid groups (broad SMARTS) is 1. The van der Waals surface area contributed by atoms with Crippen LogP contribution in [-0.2, 0) is 14.9 Å². The third-order valence-electron chi connectivity index (χ3n) is 4.04. The van der Waals surface area contributed by atoms with Crippen LogP contribution >= 0.6 is 11.8 Å². The number of thioether (sulfide) groups is 1. The van der Waals surface area contributed by atoms with Crippen molar-refractivity contribution in [3.05, 3.63) is 35.4 Å². The molecule has 146 valence electrons. The second-order valence-electron chi connectivity index (χ2n) is 7.41. The molecule has 6 heteroatoms. The van der Waals surface area contributed by atoms with E-state index in [2.05, 4.69) is 12.2 Å². The Kier molecular flexibility index (Phi) is 8.47. The molecule has 0 saturated carbocycles. The van der Waals surface area contributed by atoms with Gasteiger partial charge < -0.3 is 15.2 Å². The zero-order valence-electron chi connectivity index (χ0n) is 16.4. The molecule has 0 aromatic heterocycles. The van der Waals surface area contributed by atoms with Crippen molar-refractivity contribution in [3.63, 3.8) is 0 Å². The van der Waals surface area contributed by atoms with Gasteiger partial charge in [0, 0.05) is 6.54 Å². The summed E-state index contributed by atoms with van der Waals surface area (Å²) in [5, 5.41) is 12.7. The minimum absolute atomic E-state index is 0.00288. The number of carbonyl (C=O) groups excluding carboxylic acids is 1. The summed E-state index contributed by atoms with van der Waals surface area (Å²) in [7, 11) is 0. The average Bonchev–Trinajstić information content (AvgIpc) is 2.53. The number of carbonyl (C=O) groups is 2. The highest BCUT2D eigenvalue weighted by Gasteiger charge is 2.40. The van der Waals surface area contributed by atoms with Crippen LogP contribution in [-0.4, -0.2) is 40.8 Å². The van der Waals surface area contributed by atoms with E-state index in [0.717, 1.165) is 23.5 Å². The first-order valence-electron chi connectivity index (χ1n) is 8.96. The number of hydrogen-bond donors (Lipinski definition) is 2. The molecule has 1 rings (SSSR count). The molecular weight excluding hydrogens is 350 g/mol. The highest BCUT2D eigenvalue weighted by Crippen LogP contribution is 2.31. The molecule has 0 bridgehead atoms. The van der Waals surface area contributed by atoms with E-state index in [1.807, 2.05) is 31.2 Å². The summed E-state index contributed by atoms with van der Waals surface area (Å²) < 4.78 is 5.26. The normalized spacial score (nSPS) is 13.7. The van der Waals surface area contributed by atoms with Gasteiger partial charge in [0.2, 0.25) is 0 Å². The Morgan fingerprint density at radius 3 is 2.31 bits per heavy atom. The molecule has 1 atom stereocenters. The predicted molar refractivity (Wildman–Crippen MR) is 107 cm³/mol. The number of nitrogens with one attached hydrogen (secondary N) is 1. The zero-order chi connectivity index (χ0) is 19.8. The SMILES string of the molecule is CCSCCCC(CNC(=O)OC(C)(C)C)(C(=O)O)c1ccc(C)cc1. The molecule has 0 aliphatic carbocycles. The fourth-order valence-electron chi connectivity index (χ4n) is 2.67. The number of hydrogen-bond acceptors (Lipinski definition) is 4. The lowest BCUT2D eigenvalue weighted by Crippen LogP contribution is -2.47. The molecule has 0 aliphatic rings. The van der Waals surface area contributed by atoms with Crippen LogP contribution in [0.15, 0.2) is 24.3 Å². The van der Waals surface area contributed by atoms with Crippen LogP contribution in [0, 0.1) is 6.92 Å². The second kappa shape index (κ2) is 9.86. The Balaban J connectivity index is 3.03. The van der Waals surface area contributed by atoms with Crippen LogP contribution in [0.1, 0.15) is 51.7 Å². The van der Waals surface area contributed by atoms with Gasteiger partial charge in [-0.3, -0.25) is 4.79 Å². The summed E-state index contributed by atoms with van der Waals surface area (Å²) in [5.41, 5.74) is -0.0286. The molecule has 0 aliphatic heterocycles. The molecule has 26 heavy (non-hydrogen) atoms. The summed E-state index contributed by atoms with van der Waals surface area (Å²) in [5.74, 6) is 0.962. The van der Waals surface area contributed by atoms with E-state index in [1.54, 1.807) is 32.5 Å². The molecule has 0 fully saturated rings. The Morgan fingerprint density at radius 2 is 1.81 bits per heavy atom. The summed E-state index contributed by atoms with van der Waals surface area (Å²) in [6, 6.07) is 7.49. The number of ether oxygens (including phenoxy) is 1. The van der Waals surface area contributed by atoms with Crippen molar-refractivity contribution in [2.45, 2.75) is 58.5 Å². The summed E-state index contributed by atoms with van der Waals surface area (Å²) in [4.78, 5) is 24.3. The van der Waals surface area contributed by atoms with Crippen LogP contribution in [0.3, 0.4) is 0 Å². The van der Waals surface area contributed by atoms with E-state index in [1.165, 1.54) is 0 Å². The maximum absolute atomic E-state index is 12.3. The highest BCUT2D eigenvalue weighted by atomic mass is 32.2. The van der Waals surface area contributed by atoms with E-state index in [-0.39, 0.29) is 6.54 Å². The van der Waals surface area contributed by atoms with Gasteiger partial charge in [0.25, 0.3) is 0 Å². The molecule has 5 nitrogen and oxygen atoms in total. The van der Waals surface area contributed by atoms with Gasteiger partial charge in [-0.2, -0.15) is 11.8 Å². The molecule has 0 spiro atoms. The van der Waals surface area contributed by atoms with Gasteiger partial charge in [0.15, 0.2) is 0 Å². The Hall–Kier alpha value is -1.69. The molecule has 1 aromatic rings. The zero-order valence-corrected chi connectivity index (χ0v) is 17.2. The van der Waals surface area contributed by atoms with Crippen molar-refractivity contribution >= 4 is 23.8 Å². The fraction of sp³-hybridized carbons (Fsp3) is 0.600. The Labute approximate surface area is 160 Å². The Bertz CT molecular complexity index is 595. The van der Waals surface area contributed by atoms with Crippen LogP contribution in [0.2, 0.25) is 0 Å². The van der Waals surface area contributed by atoms with Gasteiger partial charge in [-0.15, -0.1) is 0 Å². The molecule has 0 radical (unpaired) electrons. The van der Waals surface area contributed by atoms with E-state index < -0.39 is 23.1 Å². The lowest BCUT2D eigenvalue weighted by Gasteiger charge is -2.31. The average molecular weight is 382 g/mol. The van der Waals surface area contributed by atoms with Gasteiger partial charge in [-0.1, -0.05) is 36.8 Å². The third-order valence-corrected chi connectivity index (χ3v) is 5.03. The first-order chi connectivity index (χ1) is 12.1. The van der Waals surface area contributed by atoms with Crippen LogP contribution in [0.5, 0.6) is 0 Å². The molecule has 1 unspecified atom stereocenters. The van der Waals surface area contributed by atoms with E-state index >= 15 is 0 Å². The fourth-order valence-corrected chi connectivity index (χ4v) is 3.31. The lowest BCUT2D eigenvalue weighted by atomic mass is 9.76. The number of aryl methyl sites for hydroxylation is 1. The van der Waals surface area contributed by atoms with E-state index in [9.17, 15) is 14.7 Å². The van der Waals surface area contributed by atoms with Gasteiger partial charge >= 0.3 is 12.1 Å². The summed E-state index contributed by atoms with van der Waals surface area (Å²) in [6.07, 6.45) is 0.612. The second-order valence-corrected chi connectivity index (χ2v) is 8.80. The van der Waals surface area contributed by atoms with Crippen LogP contribution in [0.4, 0.5) is 4.79 Å². The van der Waals surface area contributed by atoms with E-state index in [0.29, 0.717) is 12.0 Å². The molecule has 0 saturated heterocycles. The van der Waals surface area contributed by atoms with E-state index in [4.69, 9.17) is 4.74 Å². The molecule has 2 N–H and O–H groups in total. The van der Waals surface area contributed by atoms with Gasteiger partial charge in [0.05, 0.1) is 0 Å². The molecule has 1 aromatic carbocycles. The highest BCUT2D eigenvalue weighted by molar-refractivity contribution is 7.99. The predicted octanol–water partition coefficient (Wildman–Crippen LogP) is 4.38. The van der Waals surface area contributed by atoms with Crippen molar-refractivity contribution in [1.29, 1.82) is 0 Å². The summed E-state index contributed by atoms with van der Waals surface area (Å²) >= 11 is 1.79. The maximum atomic E-state index is 12.3. The minimum atomic E-state index is -1.17.